The SMILES string of the molecule is CN1CCN2CCN(C(=O)NC(C)(C)CC(C)(C)C)C[C@H]2C1. The van der Waals surface area contributed by atoms with Crippen LogP contribution in [0.1, 0.15) is 41.0 Å². The Morgan fingerprint density at radius 1 is 1.05 bits per heavy atom. The number of piperazine rings is 2. The minimum Gasteiger partial charge on any atom is -0.333 e. The molecule has 22 heavy (non-hydrogen) atoms. The van der Waals surface area contributed by atoms with Crippen LogP contribution in [0.3, 0.4) is 0 Å². The molecule has 5 nitrogen and oxygen atoms in total. The van der Waals surface area contributed by atoms with Gasteiger partial charge in [-0.05, 0) is 32.7 Å². The van der Waals surface area contributed by atoms with Crippen molar-refractivity contribution >= 4 is 6.03 Å². The zero-order chi connectivity index (χ0) is 16.5. The molecule has 1 atom stereocenters. The minimum atomic E-state index is -0.171. The number of carbonyl (C=O) groups is 1. The van der Waals surface area contributed by atoms with Crippen molar-refractivity contribution in [3.63, 3.8) is 0 Å². The number of nitrogens with zero attached hydrogens (tertiary/aromatic N) is 3. The molecule has 2 rings (SSSR count). The summed E-state index contributed by atoms with van der Waals surface area (Å²) in [5.41, 5.74) is 0.0391. The van der Waals surface area contributed by atoms with E-state index in [2.05, 4.69) is 56.8 Å². The van der Waals surface area contributed by atoms with Crippen molar-refractivity contribution in [3.8, 4) is 0 Å². The van der Waals surface area contributed by atoms with Gasteiger partial charge in [0.15, 0.2) is 0 Å². The Bertz CT molecular complexity index is 402. The molecule has 0 spiro atoms. The van der Waals surface area contributed by atoms with Crippen molar-refractivity contribution < 1.29 is 4.79 Å². The largest absolute Gasteiger partial charge is 0.333 e. The number of amides is 2. The van der Waals surface area contributed by atoms with Crippen LogP contribution in [0.5, 0.6) is 0 Å². The lowest BCUT2D eigenvalue weighted by molar-refractivity contribution is 0.0315. The summed E-state index contributed by atoms with van der Waals surface area (Å²) in [6, 6.07) is 0.589. The molecule has 0 aromatic heterocycles. The molecule has 2 heterocycles. The topological polar surface area (TPSA) is 38.8 Å². The van der Waals surface area contributed by atoms with Gasteiger partial charge in [-0.15, -0.1) is 0 Å². The Morgan fingerprint density at radius 3 is 2.32 bits per heavy atom. The third-order valence-electron chi connectivity index (χ3n) is 4.60. The van der Waals surface area contributed by atoms with Crippen molar-refractivity contribution in [2.24, 2.45) is 5.41 Å². The Labute approximate surface area is 136 Å². The first-order chi connectivity index (χ1) is 10.1. The molecule has 1 N–H and O–H groups in total. The first-order valence-corrected chi connectivity index (χ1v) is 8.55. The molecule has 2 saturated heterocycles. The van der Waals surface area contributed by atoms with E-state index in [-0.39, 0.29) is 17.0 Å². The summed E-state index contributed by atoms with van der Waals surface area (Å²) < 4.78 is 0. The van der Waals surface area contributed by atoms with Crippen LogP contribution < -0.4 is 5.32 Å². The van der Waals surface area contributed by atoms with E-state index in [1.54, 1.807) is 0 Å². The van der Waals surface area contributed by atoms with Crippen LogP contribution >= 0.6 is 0 Å². The van der Waals surface area contributed by atoms with Crippen LogP contribution in [0.2, 0.25) is 0 Å². The fourth-order valence-corrected chi connectivity index (χ4v) is 4.03. The monoisotopic (exact) mass is 310 g/mol. The number of rotatable bonds is 2. The van der Waals surface area contributed by atoms with Gasteiger partial charge >= 0.3 is 6.03 Å². The van der Waals surface area contributed by atoms with Crippen LogP contribution in [0.25, 0.3) is 0 Å². The number of hydrogen-bond donors (Lipinski definition) is 1. The minimum absolute atomic E-state index is 0.0992. The van der Waals surface area contributed by atoms with Crippen molar-refractivity contribution in [1.29, 1.82) is 0 Å². The van der Waals surface area contributed by atoms with Gasteiger partial charge in [0.1, 0.15) is 0 Å². The molecule has 0 bridgehead atoms. The van der Waals surface area contributed by atoms with Crippen LogP contribution in [0, 0.1) is 5.41 Å². The highest BCUT2D eigenvalue weighted by Crippen LogP contribution is 2.27. The second-order valence-corrected chi connectivity index (χ2v) is 8.95. The summed E-state index contributed by atoms with van der Waals surface area (Å²) >= 11 is 0. The van der Waals surface area contributed by atoms with Gasteiger partial charge < -0.3 is 15.1 Å². The van der Waals surface area contributed by atoms with E-state index < -0.39 is 0 Å². The molecule has 0 unspecified atom stereocenters. The normalized spacial score (nSPS) is 25.0. The highest BCUT2D eigenvalue weighted by Gasteiger charge is 2.34. The van der Waals surface area contributed by atoms with E-state index in [4.69, 9.17) is 0 Å². The highest BCUT2D eigenvalue weighted by molar-refractivity contribution is 5.75. The maximum Gasteiger partial charge on any atom is 0.317 e. The summed E-state index contributed by atoms with van der Waals surface area (Å²) in [5.74, 6) is 0. The van der Waals surface area contributed by atoms with Gasteiger partial charge in [0.25, 0.3) is 0 Å². The molecular formula is C17H34N4O. The third-order valence-corrected chi connectivity index (χ3v) is 4.60. The van der Waals surface area contributed by atoms with E-state index in [1.165, 1.54) is 0 Å². The Hall–Kier alpha value is -0.810. The molecule has 2 aliphatic rings. The molecule has 0 radical (unpaired) electrons. The van der Waals surface area contributed by atoms with Gasteiger partial charge in [0.05, 0.1) is 0 Å². The quantitative estimate of drug-likeness (QED) is 0.846. The first-order valence-electron chi connectivity index (χ1n) is 8.55. The highest BCUT2D eigenvalue weighted by atomic mass is 16.2. The molecule has 2 fully saturated rings. The number of urea groups is 1. The number of fused-ring (bicyclic) bond motifs is 1. The predicted molar refractivity (Wildman–Crippen MR) is 91.1 cm³/mol. The lowest BCUT2D eigenvalue weighted by atomic mass is 9.82. The smallest absolute Gasteiger partial charge is 0.317 e. The first kappa shape index (κ1) is 17.5. The molecule has 0 aliphatic carbocycles. The van der Waals surface area contributed by atoms with Gasteiger partial charge in [0.2, 0.25) is 0 Å². The predicted octanol–water partition coefficient (Wildman–Crippen LogP) is 1.84. The van der Waals surface area contributed by atoms with E-state index in [0.717, 1.165) is 45.7 Å². The standard InChI is InChI=1S/C17H34N4O/c1-16(2,3)13-17(4,5)18-15(22)21-10-9-20-8-7-19(6)11-14(20)12-21/h14H,7-13H2,1-6H3,(H,18,22)/t14-/m1/s1. The molecule has 2 amide bonds. The maximum absolute atomic E-state index is 12.6. The Balaban J connectivity index is 1.90. The van der Waals surface area contributed by atoms with Gasteiger partial charge in [-0.25, -0.2) is 4.79 Å². The molecule has 2 aliphatic heterocycles. The van der Waals surface area contributed by atoms with E-state index in [1.807, 2.05) is 4.90 Å². The molecule has 0 aromatic carbocycles. The van der Waals surface area contributed by atoms with Crippen molar-refractivity contribution in [2.75, 3.05) is 46.3 Å². The molecule has 5 heteroatoms. The fraction of sp³-hybridized carbons (Fsp3) is 0.941. The summed E-state index contributed by atoms with van der Waals surface area (Å²) in [6.07, 6.45) is 0.970. The molecule has 0 saturated carbocycles. The summed E-state index contributed by atoms with van der Waals surface area (Å²) in [7, 11) is 2.17. The fourth-order valence-electron chi connectivity index (χ4n) is 4.03. The Kier molecular flexibility index (Phi) is 5.07. The summed E-state index contributed by atoms with van der Waals surface area (Å²) in [4.78, 5) is 19.5. The average Bonchev–Trinajstić information content (AvgIpc) is 2.34. The van der Waals surface area contributed by atoms with Crippen molar-refractivity contribution in [1.82, 2.24) is 20.0 Å². The Morgan fingerprint density at radius 2 is 1.68 bits per heavy atom. The summed E-state index contributed by atoms with van der Waals surface area (Å²) in [5, 5.41) is 3.24. The van der Waals surface area contributed by atoms with Crippen molar-refractivity contribution in [2.45, 2.75) is 52.6 Å². The number of likely N-dealkylation sites (N-methyl/N-ethyl adjacent to an activating group) is 1. The third kappa shape index (κ3) is 4.85. The second kappa shape index (κ2) is 6.36. The maximum atomic E-state index is 12.6. The second-order valence-electron chi connectivity index (χ2n) is 8.95. The summed E-state index contributed by atoms with van der Waals surface area (Å²) in [6.45, 7) is 16.9. The van der Waals surface area contributed by atoms with Crippen LogP contribution in [-0.2, 0) is 0 Å². The van der Waals surface area contributed by atoms with Gasteiger partial charge in [-0.2, -0.15) is 0 Å². The van der Waals surface area contributed by atoms with Crippen LogP contribution in [0.4, 0.5) is 4.79 Å². The lowest BCUT2D eigenvalue weighted by Crippen LogP contribution is -2.64. The zero-order valence-corrected chi connectivity index (χ0v) is 15.3. The molecule has 0 aromatic rings. The number of carbonyl (C=O) groups excluding carboxylic acids is 1. The number of hydrogen-bond acceptors (Lipinski definition) is 3. The van der Waals surface area contributed by atoms with Gasteiger partial charge in [-0.1, -0.05) is 20.8 Å². The van der Waals surface area contributed by atoms with Crippen molar-refractivity contribution in [3.05, 3.63) is 0 Å². The van der Waals surface area contributed by atoms with Gasteiger partial charge in [0, 0.05) is 50.8 Å². The molecular weight excluding hydrogens is 276 g/mol. The van der Waals surface area contributed by atoms with Gasteiger partial charge in [-0.3, -0.25) is 4.90 Å². The van der Waals surface area contributed by atoms with Crippen LogP contribution in [0.15, 0.2) is 0 Å². The molecule has 128 valence electrons. The lowest BCUT2D eigenvalue weighted by Gasteiger charge is -2.47. The number of nitrogens with one attached hydrogen (secondary N) is 1. The average molecular weight is 310 g/mol. The van der Waals surface area contributed by atoms with E-state index in [9.17, 15) is 4.79 Å². The van der Waals surface area contributed by atoms with E-state index in [0.29, 0.717) is 6.04 Å². The zero-order valence-electron chi connectivity index (χ0n) is 15.3. The van der Waals surface area contributed by atoms with E-state index >= 15 is 0 Å². The van der Waals surface area contributed by atoms with Crippen LogP contribution in [-0.4, -0.2) is 78.6 Å².